The van der Waals surface area contributed by atoms with Gasteiger partial charge in [0, 0.05) is 0 Å². The molecule has 2 unspecified atom stereocenters. The van der Waals surface area contributed by atoms with E-state index in [0.29, 0.717) is 12.8 Å². The van der Waals surface area contributed by atoms with Gasteiger partial charge in [0.2, 0.25) is 0 Å². The van der Waals surface area contributed by atoms with Crippen molar-refractivity contribution in [1.29, 1.82) is 0 Å². The largest absolute Gasteiger partial charge is 0.481 e. The van der Waals surface area contributed by atoms with E-state index in [4.69, 9.17) is 0 Å². The number of carbonyl (C=O) groups is 1. The highest BCUT2D eigenvalue weighted by Crippen LogP contribution is 2.37. The van der Waals surface area contributed by atoms with Crippen LogP contribution in [0.15, 0.2) is 24.3 Å². The van der Waals surface area contributed by atoms with E-state index in [1.165, 1.54) is 36.8 Å². The molecule has 1 aliphatic rings. The maximum absolute atomic E-state index is 11.4. The number of aliphatic carboxylic acids is 1. The summed E-state index contributed by atoms with van der Waals surface area (Å²) < 4.78 is 0. The molecule has 0 aliphatic heterocycles. The highest BCUT2D eigenvalue weighted by Gasteiger charge is 2.33. The van der Waals surface area contributed by atoms with Crippen LogP contribution in [0.1, 0.15) is 82.3 Å². The van der Waals surface area contributed by atoms with Crippen LogP contribution in [0, 0.1) is 5.41 Å². The van der Waals surface area contributed by atoms with Crippen molar-refractivity contribution < 1.29 is 9.90 Å². The number of hydrogen-bond acceptors (Lipinski definition) is 1. The molecule has 0 amide bonds. The molecule has 21 heavy (non-hydrogen) atoms. The molecule has 1 aromatic rings. The van der Waals surface area contributed by atoms with Crippen molar-refractivity contribution in [3.63, 3.8) is 0 Å². The Labute approximate surface area is 128 Å². The molecule has 116 valence electrons. The lowest BCUT2D eigenvalue weighted by Crippen LogP contribution is -2.28. The average molecular weight is 288 g/mol. The number of carboxylic acids is 1. The Morgan fingerprint density at radius 2 is 1.86 bits per heavy atom. The minimum absolute atomic E-state index is 0.281. The number of rotatable bonds is 6. The summed E-state index contributed by atoms with van der Waals surface area (Å²) in [7, 11) is 0. The van der Waals surface area contributed by atoms with Gasteiger partial charge in [0.25, 0.3) is 0 Å². The second-order valence-corrected chi connectivity index (χ2v) is 6.97. The molecule has 1 N–H and O–H groups in total. The predicted molar refractivity (Wildman–Crippen MR) is 86.7 cm³/mol. The molecule has 0 aromatic heterocycles. The van der Waals surface area contributed by atoms with Crippen LogP contribution in [0.25, 0.3) is 0 Å². The Morgan fingerprint density at radius 3 is 2.33 bits per heavy atom. The number of carboxylic acid groups (broad SMARTS) is 1. The van der Waals surface area contributed by atoms with Gasteiger partial charge >= 0.3 is 5.97 Å². The Bertz CT molecular complexity index is 471. The summed E-state index contributed by atoms with van der Waals surface area (Å²) >= 11 is 0. The first-order valence-corrected chi connectivity index (χ1v) is 8.29. The average Bonchev–Trinajstić information content (AvgIpc) is 3.01. The van der Waals surface area contributed by atoms with Gasteiger partial charge in [-0.2, -0.15) is 0 Å². The highest BCUT2D eigenvalue weighted by molar-refractivity contribution is 5.74. The summed E-state index contributed by atoms with van der Waals surface area (Å²) in [6, 6.07) is 8.92. The van der Waals surface area contributed by atoms with Gasteiger partial charge in [0.05, 0.1) is 5.41 Å². The first-order valence-electron chi connectivity index (χ1n) is 8.29. The minimum atomic E-state index is -0.681. The van der Waals surface area contributed by atoms with Crippen LogP contribution in [0.2, 0.25) is 0 Å². The van der Waals surface area contributed by atoms with Crippen molar-refractivity contribution in [3.05, 3.63) is 35.4 Å². The zero-order chi connectivity index (χ0) is 15.5. The van der Waals surface area contributed by atoms with E-state index in [9.17, 15) is 9.90 Å². The lowest BCUT2D eigenvalue weighted by atomic mass is 9.77. The van der Waals surface area contributed by atoms with Gasteiger partial charge in [-0.3, -0.25) is 4.79 Å². The van der Waals surface area contributed by atoms with Crippen LogP contribution in [-0.4, -0.2) is 11.1 Å². The van der Waals surface area contributed by atoms with Crippen molar-refractivity contribution >= 4 is 5.97 Å². The van der Waals surface area contributed by atoms with Crippen molar-refractivity contribution in [1.82, 2.24) is 0 Å². The Balaban J connectivity index is 2.05. The molecule has 0 saturated heterocycles. The summed E-state index contributed by atoms with van der Waals surface area (Å²) in [6.45, 7) is 5.96. The van der Waals surface area contributed by atoms with E-state index in [0.717, 1.165) is 5.92 Å². The first kappa shape index (κ1) is 16.1. The van der Waals surface area contributed by atoms with Gasteiger partial charge in [0.15, 0.2) is 0 Å². The zero-order valence-corrected chi connectivity index (χ0v) is 13.6. The Kier molecular flexibility index (Phi) is 5.08. The minimum Gasteiger partial charge on any atom is -0.481 e. The maximum Gasteiger partial charge on any atom is 0.309 e. The number of benzene rings is 1. The number of hydrogen-bond donors (Lipinski definition) is 1. The third-order valence-corrected chi connectivity index (χ3v) is 5.39. The standard InChI is InChI=1S/C19H28O2/c1-4-19(3,18(20)21)13-14(2)15-9-11-17(12-10-15)16-7-5-6-8-16/h9-12,14,16H,4-8,13H2,1-3H3,(H,20,21). The molecule has 0 bridgehead atoms. The van der Waals surface area contributed by atoms with Crippen LogP contribution in [0.5, 0.6) is 0 Å². The molecule has 0 spiro atoms. The molecule has 2 rings (SSSR count). The van der Waals surface area contributed by atoms with Gasteiger partial charge < -0.3 is 5.11 Å². The van der Waals surface area contributed by atoms with E-state index in [1.807, 2.05) is 13.8 Å². The van der Waals surface area contributed by atoms with Crippen molar-refractivity contribution in [2.45, 2.75) is 71.1 Å². The molecule has 1 aliphatic carbocycles. The molecule has 2 nitrogen and oxygen atoms in total. The van der Waals surface area contributed by atoms with Crippen molar-refractivity contribution in [2.75, 3.05) is 0 Å². The van der Waals surface area contributed by atoms with Crippen molar-refractivity contribution in [3.8, 4) is 0 Å². The summed E-state index contributed by atoms with van der Waals surface area (Å²) in [5.41, 5.74) is 2.10. The zero-order valence-electron chi connectivity index (χ0n) is 13.6. The molecule has 2 heteroatoms. The van der Waals surface area contributed by atoms with Gasteiger partial charge in [-0.25, -0.2) is 0 Å². The monoisotopic (exact) mass is 288 g/mol. The van der Waals surface area contributed by atoms with Crippen LogP contribution >= 0.6 is 0 Å². The predicted octanol–water partition coefficient (Wildman–Crippen LogP) is 5.34. The summed E-state index contributed by atoms with van der Waals surface area (Å²) in [5, 5.41) is 9.42. The second kappa shape index (κ2) is 6.64. The topological polar surface area (TPSA) is 37.3 Å². The summed E-state index contributed by atoms with van der Waals surface area (Å²) in [5.74, 6) is 0.345. The normalized spacial score (nSPS) is 20.1. The van der Waals surface area contributed by atoms with Crippen LogP contribution in [0.4, 0.5) is 0 Å². The molecular formula is C19H28O2. The third kappa shape index (κ3) is 3.66. The van der Waals surface area contributed by atoms with E-state index in [1.54, 1.807) is 0 Å². The smallest absolute Gasteiger partial charge is 0.309 e. The molecular weight excluding hydrogens is 260 g/mol. The molecule has 1 saturated carbocycles. The quantitative estimate of drug-likeness (QED) is 0.767. The Hall–Kier alpha value is -1.31. The van der Waals surface area contributed by atoms with Crippen LogP contribution in [-0.2, 0) is 4.79 Å². The van der Waals surface area contributed by atoms with Gasteiger partial charge in [-0.05, 0) is 55.6 Å². The lowest BCUT2D eigenvalue weighted by molar-refractivity contribution is -0.148. The molecule has 1 fully saturated rings. The highest BCUT2D eigenvalue weighted by atomic mass is 16.4. The third-order valence-electron chi connectivity index (χ3n) is 5.39. The SMILES string of the molecule is CCC(C)(CC(C)c1ccc(C2CCCC2)cc1)C(=O)O. The molecule has 0 heterocycles. The fourth-order valence-corrected chi connectivity index (χ4v) is 3.53. The fourth-order valence-electron chi connectivity index (χ4n) is 3.53. The molecule has 0 radical (unpaired) electrons. The fraction of sp³-hybridized carbons (Fsp3) is 0.632. The first-order chi connectivity index (χ1) is 9.96. The molecule has 2 atom stereocenters. The van der Waals surface area contributed by atoms with E-state index >= 15 is 0 Å². The van der Waals surface area contributed by atoms with Crippen LogP contribution < -0.4 is 0 Å². The van der Waals surface area contributed by atoms with Gasteiger partial charge in [-0.15, -0.1) is 0 Å². The summed E-state index contributed by atoms with van der Waals surface area (Å²) in [4.78, 5) is 11.4. The van der Waals surface area contributed by atoms with Gasteiger partial charge in [-0.1, -0.05) is 51.0 Å². The van der Waals surface area contributed by atoms with Crippen molar-refractivity contribution in [2.24, 2.45) is 5.41 Å². The maximum atomic E-state index is 11.4. The summed E-state index contributed by atoms with van der Waals surface area (Å²) in [6.07, 6.45) is 6.73. The van der Waals surface area contributed by atoms with E-state index in [2.05, 4.69) is 31.2 Å². The van der Waals surface area contributed by atoms with Gasteiger partial charge in [0.1, 0.15) is 0 Å². The second-order valence-electron chi connectivity index (χ2n) is 6.97. The van der Waals surface area contributed by atoms with E-state index < -0.39 is 11.4 Å². The van der Waals surface area contributed by atoms with Crippen LogP contribution in [0.3, 0.4) is 0 Å². The van der Waals surface area contributed by atoms with E-state index in [-0.39, 0.29) is 5.92 Å². The Morgan fingerprint density at radius 1 is 1.29 bits per heavy atom. The lowest BCUT2D eigenvalue weighted by Gasteiger charge is -2.27. The molecule has 1 aromatic carbocycles.